The van der Waals surface area contributed by atoms with Gasteiger partial charge in [0.25, 0.3) is 0 Å². The van der Waals surface area contributed by atoms with Crippen LogP contribution in [0.25, 0.3) is 10.2 Å². The third-order valence-corrected chi connectivity index (χ3v) is 7.57. The van der Waals surface area contributed by atoms with E-state index in [-0.39, 0.29) is 35.1 Å². The van der Waals surface area contributed by atoms with Crippen LogP contribution >= 0.6 is 11.3 Å². The Kier molecular flexibility index (Phi) is 4.44. The Balaban J connectivity index is 1.41. The highest BCUT2D eigenvalue weighted by Gasteiger charge is 2.50. The van der Waals surface area contributed by atoms with Crippen LogP contribution in [0.1, 0.15) is 24.5 Å². The molecule has 1 aliphatic heterocycles. The monoisotopic (exact) mass is 426 g/mol. The molecule has 2 bridgehead atoms. The van der Waals surface area contributed by atoms with Crippen LogP contribution in [0.5, 0.6) is 5.75 Å². The number of rotatable bonds is 2. The highest BCUT2D eigenvalue weighted by molar-refractivity contribution is 7.22. The van der Waals surface area contributed by atoms with Gasteiger partial charge in [-0.05, 0) is 61.8 Å². The molecular weight excluding hydrogens is 403 g/mol. The number of hydrogen-bond acceptors (Lipinski definition) is 5. The number of carbonyl (C=O) groups excluding carboxylic acids is 1. The quantitative estimate of drug-likeness (QED) is 0.582. The van der Waals surface area contributed by atoms with E-state index < -0.39 is 0 Å². The molecule has 2 aliphatic rings. The fraction of sp³-hybridized carbons (Fsp3) is 0.364. The molecule has 5 rings (SSSR count). The van der Waals surface area contributed by atoms with E-state index in [1.165, 1.54) is 29.0 Å². The maximum absolute atomic E-state index is 13.4. The number of hydrogen-bond donors (Lipinski definition) is 3. The number of anilines is 1. The van der Waals surface area contributed by atoms with Crippen molar-refractivity contribution in [3.05, 3.63) is 53.3 Å². The van der Waals surface area contributed by atoms with Crippen LogP contribution in [0.2, 0.25) is 0 Å². The number of benzene rings is 2. The van der Waals surface area contributed by atoms with E-state index in [1.807, 2.05) is 12.1 Å². The van der Waals surface area contributed by atoms with Gasteiger partial charge in [0.2, 0.25) is 0 Å². The van der Waals surface area contributed by atoms with Gasteiger partial charge in [0, 0.05) is 17.5 Å². The van der Waals surface area contributed by atoms with Gasteiger partial charge in [0.15, 0.2) is 5.13 Å². The predicted molar refractivity (Wildman–Crippen MR) is 116 cm³/mol. The Morgan fingerprint density at radius 1 is 1.33 bits per heavy atom. The van der Waals surface area contributed by atoms with Crippen LogP contribution in [-0.2, 0) is 11.8 Å². The summed E-state index contributed by atoms with van der Waals surface area (Å²) in [6.45, 7) is 3.09. The molecule has 8 heteroatoms. The molecule has 1 aromatic heterocycles. The lowest BCUT2D eigenvalue weighted by Gasteiger charge is -2.54. The van der Waals surface area contributed by atoms with Crippen molar-refractivity contribution in [2.75, 3.05) is 18.9 Å². The first-order valence-electron chi connectivity index (χ1n) is 10.00. The average Bonchev–Trinajstić information content (AvgIpc) is 3.09. The highest BCUT2D eigenvalue weighted by atomic mass is 32.1. The van der Waals surface area contributed by atoms with Crippen molar-refractivity contribution in [3.63, 3.8) is 0 Å². The number of piperidine rings is 1. The molecule has 1 aliphatic carbocycles. The van der Waals surface area contributed by atoms with E-state index in [0.717, 1.165) is 29.6 Å². The summed E-state index contributed by atoms with van der Waals surface area (Å²) in [6.07, 6.45) is 1.69. The molecule has 0 unspecified atom stereocenters. The number of carbonyl (C=O) groups is 1. The van der Waals surface area contributed by atoms with Crippen molar-refractivity contribution in [2.24, 2.45) is 0 Å². The smallest absolute Gasteiger partial charge is 0.321 e. The minimum absolute atomic E-state index is 0.114. The second-order valence-electron chi connectivity index (χ2n) is 8.47. The predicted octanol–water partition coefficient (Wildman–Crippen LogP) is 3.85. The van der Waals surface area contributed by atoms with Gasteiger partial charge >= 0.3 is 6.03 Å². The van der Waals surface area contributed by atoms with Crippen molar-refractivity contribution in [1.29, 1.82) is 0 Å². The highest BCUT2D eigenvalue weighted by Crippen LogP contribution is 2.45. The molecule has 3 aromatic rings. The molecule has 3 N–H and O–H groups in total. The second kappa shape index (κ2) is 6.92. The van der Waals surface area contributed by atoms with Crippen LogP contribution in [0.15, 0.2) is 36.4 Å². The van der Waals surface area contributed by atoms with Gasteiger partial charge in [-0.3, -0.25) is 5.32 Å². The molecule has 2 aromatic carbocycles. The maximum atomic E-state index is 13.4. The zero-order valence-electron chi connectivity index (χ0n) is 16.8. The normalized spacial score (nSPS) is 25.7. The molecule has 1 saturated heterocycles. The zero-order valence-corrected chi connectivity index (χ0v) is 17.6. The molecule has 3 atom stereocenters. The van der Waals surface area contributed by atoms with E-state index in [2.05, 4.69) is 34.5 Å². The van der Waals surface area contributed by atoms with Crippen LogP contribution < -0.4 is 10.6 Å². The maximum Gasteiger partial charge on any atom is 0.321 e. The minimum Gasteiger partial charge on any atom is -0.508 e. The number of phenols is 1. The lowest BCUT2D eigenvalue weighted by atomic mass is 9.61. The molecule has 2 heterocycles. The second-order valence-corrected chi connectivity index (χ2v) is 9.50. The number of thiazole rings is 1. The van der Waals surface area contributed by atoms with E-state index in [1.54, 1.807) is 12.1 Å². The Labute approximate surface area is 177 Å². The first-order chi connectivity index (χ1) is 14.3. The summed E-state index contributed by atoms with van der Waals surface area (Å²) in [5.41, 5.74) is 2.57. The first kappa shape index (κ1) is 19.3. The molecule has 0 saturated carbocycles. The van der Waals surface area contributed by atoms with Gasteiger partial charge in [-0.2, -0.15) is 0 Å². The van der Waals surface area contributed by atoms with Crippen molar-refractivity contribution >= 4 is 32.7 Å². The number of amides is 2. The number of phenolic OH excluding ortho intramolecular Hbond substituents is 1. The summed E-state index contributed by atoms with van der Waals surface area (Å²) in [7, 11) is 2.09. The molecule has 30 heavy (non-hydrogen) atoms. The topological polar surface area (TPSA) is 77.5 Å². The van der Waals surface area contributed by atoms with Gasteiger partial charge in [0.05, 0.1) is 16.3 Å². The van der Waals surface area contributed by atoms with Gasteiger partial charge < -0.3 is 15.3 Å². The fourth-order valence-corrected chi connectivity index (χ4v) is 5.81. The molecule has 6 nitrogen and oxygen atoms in total. The van der Waals surface area contributed by atoms with E-state index in [9.17, 15) is 14.3 Å². The molecule has 2 amide bonds. The summed E-state index contributed by atoms with van der Waals surface area (Å²) < 4.78 is 14.2. The van der Waals surface area contributed by atoms with Crippen molar-refractivity contribution in [1.82, 2.24) is 15.2 Å². The first-order valence-corrected chi connectivity index (χ1v) is 10.8. The van der Waals surface area contributed by atoms with E-state index in [0.29, 0.717) is 10.6 Å². The number of aromatic nitrogens is 1. The van der Waals surface area contributed by atoms with Crippen LogP contribution in [-0.4, -0.2) is 46.7 Å². The molecule has 0 radical (unpaired) electrons. The fourth-order valence-electron chi connectivity index (χ4n) is 4.97. The third kappa shape index (κ3) is 3.11. The number of likely N-dealkylation sites (tertiary alicyclic amines) is 1. The lowest BCUT2D eigenvalue weighted by Crippen LogP contribution is -2.67. The molecular formula is C22H23FN4O2S. The number of aromatic hydroxyl groups is 1. The number of likely N-dealkylation sites (N-methyl/N-ethyl adjacent to an activating group) is 1. The van der Waals surface area contributed by atoms with Crippen LogP contribution in [0.3, 0.4) is 0 Å². The SMILES string of the molecule is CN1CC[C@]2(C)c3cc(O)ccc3C[C@@H]1[C@H]2NC(=O)Nc1nc2cc(F)ccc2s1. The van der Waals surface area contributed by atoms with Gasteiger partial charge in [-0.25, -0.2) is 14.2 Å². The summed E-state index contributed by atoms with van der Waals surface area (Å²) in [6, 6.07) is 9.70. The summed E-state index contributed by atoms with van der Waals surface area (Å²) in [5, 5.41) is 16.5. The number of urea groups is 1. The Bertz CT molecular complexity index is 1150. The average molecular weight is 427 g/mol. The Hall–Kier alpha value is -2.71. The van der Waals surface area contributed by atoms with Crippen LogP contribution in [0.4, 0.5) is 14.3 Å². The number of fused-ring (bicyclic) bond motifs is 5. The number of nitrogens with one attached hydrogen (secondary N) is 2. The van der Waals surface area contributed by atoms with Gasteiger partial charge in [0.1, 0.15) is 11.6 Å². The van der Waals surface area contributed by atoms with E-state index in [4.69, 9.17) is 0 Å². The largest absolute Gasteiger partial charge is 0.508 e. The third-order valence-electron chi connectivity index (χ3n) is 6.62. The lowest BCUT2D eigenvalue weighted by molar-refractivity contribution is 0.0718. The number of nitrogens with zero attached hydrogens (tertiary/aromatic N) is 2. The molecule has 156 valence electrons. The van der Waals surface area contributed by atoms with Gasteiger partial charge in [-0.15, -0.1) is 0 Å². The Morgan fingerprint density at radius 2 is 2.17 bits per heavy atom. The van der Waals surface area contributed by atoms with Crippen molar-refractivity contribution in [3.8, 4) is 5.75 Å². The van der Waals surface area contributed by atoms with Crippen molar-refractivity contribution in [2.45, 2.75) is 37.3 Å². The van der Waals surface area contributed by atoms with Gasteiger partial charge in [-0.1, -0.05) is 24.3 Å². The zero-order chi connectivity index (χ0) is 21.0. The molecule has 1 fully saturated rings. The number of halogens is 1. The summed E-state index contributed by atoms with van der Waals surface area (Å²) >= 11 is 1.31. The van der Waals surface area contributed by atoms with Crippen LogP contribution in [0, 0.1) is 5.82 Å². The molecule has 0 spiro atoms. The minimum atomic E-state index is -0.350. The standard InChI is InChI=1S/C22H23FN4O2S/c1-22-7-8-27(2)17(9-12-3-5-14(28)11-15(12)22)19(22)25-20(29)26-21-24-16-10-13(23)4-6-18(16)30-21/h3-6,10-11,17,19,28H,7-9H2,1-2H3,(H2,24,25,26,29)/t17-,19-,22-/m1/s1. The summed E-state index contributed by atoms with van der Waals surface area (Å²) in [5.74, 6) is -0.103. The summed E-state index contributed by atoms with van der Waals surface area (Å²) in [4.78, 5) is 19.5. The van der Waals surface area contributed by atoms with Crippen molar-refractivity contribution < 1.29 is 14.3 Å². The van der Waals surface area contributed by atoms with E-state index >= 15 is 0 Å². The Morgan fingerprint density at radius 3 is 3.00 bits per heavy atom.